The van der Waals surface area contributed by atoms with E-state index in [1.807, 2.05) is 0 Å². The Balaban J connectivity index is 1.87. The van der Waals surface area contributed by atoms with Crippen LogP contribution in [0.4, 0.5) is 4.79 Å². The number of thioether (sulfide) groups is 1. The van der Waals surface area contributed by atoms with E-state index in [-0.39, 0.29) is 17.8 Å². The highest BCUT2D eigenvalue weighted by atomic mass is 32.2. The summed E-state index contributed by atoms with van der Waals surface area (Å²) in [6, 6.07) is -0.434. The maximum atomic E-state index is 11.6. The van der Waals surface area contributed by atoms with Crippen LogP contribution in [-0.2, 0) is 4.79 Å². The van der Waals surface area contributed by atoms with Crippen molar-refractivity contribution in [2.75, 3.05) is 12.4 Å². The summed E-state index contributed by atoms with van der Waals surface area (Å²) < 4.78 is 0. The van der Waals surface area contributed by atoms with Crippen LogP contribution in [-0.4, -0.2) is 40.2 Å². The van der Waals surface area contributed by atoms with E-state index < -0.39 is 11.6 Å². The number of aliphatic hydroxyl groups is 1. The van der Waals surface area contributed by atoms with Gasteiger partial charge in [0.2, 0.25) is 5.91 Å². The highest BCUT2D eigenvalue weighted by molar-refractivity contribution is 8.14. The molecule has 1 heterocycles. The quantitative estimate of drug-likeness (QED) is 0.591. The number of carbonyl (C=O) groups excluding carboxylic acids is 2. The van der Waals surface area contributed by atoms with E-state index in [0.717, 1.165) is 24.6 Å². The summed E-state index contributed by atoms with van der Waals surface area (Å²) in [5.41, 5.74) is -0.394. The predicted octanol–water partition coefficient (Wildman–Crippen LogP) is -0.548. The maximum Gasteiger partial charge on any atom is 0.279 e. The van der Waals surface area contributed by atoms with Crippen LogP contribution in [0.25, 0.3) is 0 Å². The first-order valence-corrected chi connectivity index (χ1v) is 5.50. The molecule has 6 heteroatoms. The average molecular weight is 216 g/mol. The van der Waals surface area contributed by atoms with Gasteiger partial charge in [-0.05, 0) is 12.8 Å². The molecule has 0 radical (unpaired) electrons. The average Bonchev–Trinajstić information content (AvgIpc) is 2.80. The topological polar surface area (TPSA) is 78.4 Å². The van der Waals surface area contributed by atoms with Gasteiger partial charge in [-0.25, -0.2) is 0 Å². The second-order valence-electron chi connectivity index (χ2n) is 3.72. The van der Waals surface area contributed by atoms with Gasteiger partial charge in [0.15, 0.2) is 0 Å². The molecular formula is C8H12N2O3S. The molecule has 0 aromatic carbocycles. The molecule has 0 bridgehead atoms. The molecular weight excluding hydrogens is 204 g/mol. The summed E-state index contributed by atoms with van der Waals surface area (Å²) in [5, 5.41) is 14.2. The normalized spacial score (nSPS) is 28.4. The number of nitrogens with one attached hydrogen (secondary N) is 2. The summed E-state index contributed by atoms with van der Waals surface area (Å²) >= 11 is 1.11. The molecule has 5 nitrogen and oxygen atoms in total. The van der Waals surface area contributed by atoms with Crippen LogP contribution in [0.2, 0.25) is 0 Å². The van der Waals surface area contributed by atoms with E-state index in [2.05, 4.69) is 10.6 Å². The Hall–Kier alpha value is -0.750. The summed E-state index contributed by atoms with van der Waals surface area (Å²) in [4.78, 5) is 22.4. The van der Waals surface area contributed by atoms with Crippen molar-refractivity contribution in [1.82, 2.24) is 10.6 Å². The molecule has 0 aromatic heterocycles. The van der Waals surface area contributed by atoms with Crippen molar-refractivity contribution in [2.45, 2.75) is 24.4 Å². The van der Waals surface area contributed by atoms with Gasteiger partial charge >= 0.3 is 0 Å². The minimum atomic E-state index is -0.434. The van der Waals surface area contributed by atoms with Crippen molar-refractivity contribution in [1.29, 1.82) is 0 Å². The zero-order valence-corrected chi connectivity index (χ0v) is 8.39. The third-order valence-electron chi connectivity index (χ3n) is 2.53. The Bertz CT molecular complexity index is 278. The molecule has 78 valence electrons. The van der Waals surface area contributed by atoms with Crippen LogP contribution in [0.1, 0.15) is 12.8 Å². The van der Waals surface area contributed by atoms with Gasteiger partial charge in [-0.2, -0.15) is 0 Å². The largest absolute Gasteiger partial charge is 0.394 e. The molecule has 3 N–H and O–H groups in total. The Kier molecular flexibility index (Phi) is 2.40. The fraction of sp³-hybridized carbons (Fsp3) is 0.750. The monoisotopic (exact) mass is 216 g/mol. The van der Waals surface area contributed by atoms with E-state index >= 15 is 0 Å². The van der Waals surface area contributed by atoms with Gasteiger partial charge in [0.05, 0.1) is 12.1 Å². The molecule has 2 amide bonds. The van der Waals surface area contributed by atoms with E-state index in [1.165, 1.54) is 0 Å². The van der Waals surface area contributed by atoms with Gasteiger partial charge in [0.25, 0.3) is 5.24 Å². The first-order valence-electron chi connectivity index (χ1n) is 4.51. The molecule has 2 rings (SSSR count). The zero-order valence-electron chi connectivity index (χ0n) is 7.58. The smallest absolute Gasteiger partial charge is 0.279 e. The number of rotatable bonds is 3. The molecule has 1 aliphatic heterocycles. The van der Waals surface area contributed by atoms with Gasteiger partial charge in [-0.1, -0.05) is 11.8 Å². The molecule has 1 saturated heterocycles. The lowest BCUT2D eigenvalue weighted by Gasteiger charge is -2.17. The van der Waals surface area contributed by atoms with Crippen LogP contribution in [0.3, 0.4) is 0 Å². The van der Waals surface area contributed by atoms with Gasteiger partial charge in [0.1, 0.15) is 6.04 Å². The third-order valence-corrected chi connectivity index (χ3v) is 3.41. The van der Waals surface area contributed by atoms with Crippen molar-refractivity contribution in [2.24, 2.45) is 0 Å². The molecule has 1 atom stereocenters. The molecule has 1 saturated carbocycles. The van der Waals surface area contributed by atoms with Crippen LogP contribution < -0.4 is 10.6 Å². The predicted molar refractivity (Wildman–Crippen MR) is 52.0 cm³/mol. The Morgan fingerprint density at radius 2 is 2.43 bits per heavy atom. The molecule has 0 spiro atoms. The molecule has 2 fully saturated rings. The van der Waals surface area contributed by atoms with Crippen LogP contribution in [0, 0.1) is 0 Å². The van der Waals surface area contributed by atoms with Crippen LogP contribution >= 0.6 is 11.8 Å². The van der Waals surface area contributed by atoms with Gasteiger partial charge in [-0.3, -0.25) is 9.59 Å². The van der Waals surface area contributed by atoms with Crippen molar-refractivity contribution in [3.05, 3.63) is 0 Å². The Morgan fingerprint density at radius 3 is 2.86 bits per heavy atom. The van der Waals surface area contributed by atoms with E-state index in [9.17, 15) is 9.59 Å². The second-order valence-corrected chi connectivity index (χ2v) is 4.72. The van der Waals surface area contributed by atoms with Crippen molar-refractivity contribution < 1.29 is 14.7 Å². The number of carbonyl (C=O) groups is 2. The molecule has 14 heavy (non-hydrogen) atoms. The number of amides is 2. The summed E-state index contributed by atoms with van der Waals surface area (Å²) in [6.45, 7) is -0.0213. The minimum absolute atomic E-state index is 0.0213. The van der Waals surface area contributed by atoms with Crippen LogP contribution in [0.5, 0.6) is 0 Å². The highest BCUT2D eigenvalue weighted by Crippen LogP contribution is 2.34. The second kappa shape index (κ2) is 3.43. The van der Waals surface area contributed by atoms with Gasteiger partial charge in [0, 0.05) is 5.75 Å². The first-order chi connectivity index (χ1) is 6.65. The standard InChI is InChI=1S/C8H12N2O3S/c11-4-8(1-2-8)10-6(12)5-3-14-7(13)9-5/h5,11H,1-4H2,(H,9,13)(H,10,12). The maximum absolute atomic E-state index is 11.6. The Morgan fingerprint density at radius 1 is 1.71 bits per heavy atom. The lowest BCUT2D eigenvalue weighted by molar-refractivity contribution is -0.123. The zero-order chi connectivity index (χ0) is 10.2. The summed E-state index contributed by atoms with van der Waals surface area (Å²) in [6.07, 6.45) is 1.64. The number of aliphatic hydroxyl groups excluding tert-OH is 1. The van der Waals surface area contributed by atoms with Crippen molar-refractivity contribution in [3.63, 3.8) is 0 Å². The third kappa shape index (κ3) is 1.85. The van der Waals surface area contributed by atoms with E-state index in [4.69, 9.17) is 5.11 Å². The Labute approximate surface area is 85.6 Å². The number of hydrogen-bond acceptors (Lipinski definition) is 4. The molecule has 2 aliphatic rings. The molecule has 1 aliphatic carbocycles. The first kappa shape index (κ1) is 9.79. The lowest BCUT2D eigenvalue weighted by Crippen LogP contribution is -2.49. The molecule has 0 aromatic rings. The van der Waals surface area contributed by atoms with Crippen molar-refractivity contribution >= 4 is 22.9 Å². The molecule has 1 unspecified atom stereocenters. The minimum Gasteiger partial charge on any atom is -0.394 e. The van der Waals surface area contributed by atoms with Crippen molar-refractivity contribution in [3.8, 4) is 0 Å². The van der Waals surface area contributed by atoms with Gasteiger partial charge in [-0.15, -0.1) is 0 Å². The fourth-order valence-electron chi connectivity index (χ4n) is 1.35. The lowest BCUT2D eigenvalue weighted by atomic mass is 10.2. The van der Waals surface area contributed by atoms with E-state index in [1.54, 1.807) is 0 Å². The van der Waals surface area contributed by atoms with Crippen LogP contribution in [0.15, 0.2) is 0 Å². The SMILES string of the molecule is O=C1NC(C(=O)NC2(CO)CC2)CS1. The van der Waals surface area contributed by atoms with Gasteiger partial charge < -0.3 is 15.7 Å². The summed E-state index contributed by atoms with van der Waals surface area (Å²) in [5.74, 6) is 0.293. The highest BCUT2D eigenvalue weighted by Gasteiger charge is 2.45. The fourth-order valence-corrected chi connectivity index (χ4v) is 2.13. The van der Waals surface area contributed by atoms with E-state index in [0.29, 0.717) is 5.75 Å². The number of hydrogen-bond donors (Lipinski definition) is 3. The summed E-state index contributed by atoms with van der Waals surface area (Å²) in [7, 11) is 0.